The molecule has 0 spiro atoms. The Balaban J connectivity index is 1.90. The van der Waals surface area contributed by atoms with E-state index >= 15 is 0 Å². The second-order valence-electron chi connectivity index (χ2n) is 6.30. The minimum Gasteiger partial charge on any atom is -0.497 e. The molecule has 2 heteroatoms. The maximum Gasteiger partial charge on any atom is 0.119 e. The summed E-state index contributed by atoms with van der Waals surface area (Å²) in [7, 11) is 1.72. The predicted molar refractivity (Wildman–Crippen MR) is 88.0 cm³/mol. The minimum atomic E-state index is 0.0933. The zero-order valence-corrected chi connectivity index (χ0v) is 13.0. The van der Waals surface area contributed by atoms with E-state index in [1.807, 2.05) is 6.07 Å². The Labute approximate surface area is 127 Å². The molecule has 1 atom stereocenters. The summed E-state index contributed by atoms with van der Waals surface area (Å²) in [5.41, 5.74) is 4.13. The lowest BCUT2D eigenvalue weighted by molar-refractivity contribution is 0.349. The quantitative estimate of drug-likeness (QED) is 0.902. The molecule has 1 unspecified atom stereocenters. The van der Waals surface area contributed by atoms with Gasteiger partial charge in [0, 0.05) is 11.2 Å². The first-order chi connectivity index (χ1) is 10.1. The molecule has 2 nitrogen and oxygen atoms in total. The number of methoxy groups -OCH3 is 1. The van der Waals surface area contributed by atoms with Gasteiger partial charge in [-0.15, -0.1) is 0 Å². The van der Waals surface area contributed by atoms with Gasteiger partial charge in [-0.1, -0.05) is 44.2 Å². The van der Waals surface area contributed by atoms with Gasteiger partial charge in [-0.3, -0.25) is 0 Å². The van der Waals surface area contributed by atoms with Crippen molar-refractivity contribution in [1.82, 2.24) is 0 Å². The van der Waals surface area contributed by atoms with Gasteiger partial charge in [0.15, 0.2) is 0 Å². The summed E-state index contributed by atoms with van der Waals surface area (Å²) in [4.78, 5) is 0. The number of nitrogens with one attached hydrogen (secondary N) is 1. The largest absolute Gasteiger partial charge is 0.497 e. The fourth-order valence-electron chi connectivity index (χ4n) is 3.25. The Morgan fingerprint density at radius 2 is 1.95 bits per heavy atom. The van der Waals surface area contributed by atoms with Gasteiger partial charge in [-0.25, -0.2) is 0 Å². The normalized spacial score (nSPS) is 20.2. The Bertz CT molecular complexity index is 608. The Morgan fingerprint density at radius 1 is 1.14 bits per heavy atom. The van der Waals surface area contributed by atoms with Gasteiger partial charge in [0.25, 0.3) is 0 Å². The van der Waals surface area contributed by atoms with E-state index in [2.05, 4.69) is 61.6 Å². The summed E-state index contributed by atoms with van der Waals surface area (Å²) in [6.07, 6.45) is 2.09. The summed E-state index contributed by atoms with van der Waals surface area (Å²) in [6, 6.07) is 17.1. The van der Waals surface area contributed by atoms with E-state index in [-0.39, 0.29) is 5.54 Å². The average Bonchev–Trinajstić information content (AvgIpc) is 2.86. The molecule has 0 saturated heterocycles. The van der Waals surface area contributed by atoms with E-state index in [1.165, 1.54) is 16.8 Å². The third-order valence-corrected chi connectivity index (χ3v) is 4.67. The number of ether oxygens (including phenoxy) is 1. The van der Waals surface area contributed by atoms with Gasteiger partial charge in [-0.2, -0.15) is 0 Å². The van der Waals surface area contributed by atoms with Crippen molar-refractivity contribution in [2.45, 2.75) is 32.2 Å². The smallest absolute Gasteiger partial charge is 0.119 e. The van der Waals surface area contributed by atoms with Crippen LogP contribution in [0, 0.1) is 5.92 Å². The van der Waals surface area contributed by atoms with Gasteiger partial charge >= 0.3 is 0 Å². The van der Waals surface area contributed by atoms with Crippen LogP contribution in [0.3, 0.4) is 0 Å². The fraction of sp³-hybridized carbons (Fsp3) is 0.368. The van der Waals surface area contributed by atoms with E-state index in [0.29, 0.717) is 5.92 Å². The molecule has 110 valence electrons. The van der Waals surface area contributed by atoms with Crippen molar-refractivity contribution in [2.75, 3.05) is 12.4 Å². The SMILES string of the molecule is COc1cccc(CC2(C(C)C)Cc3ccccc3N2)c1. The summed E-state index contributed by atoms with van der Waals surface area (Å²) in [6.45, 7) is 4.61. The highest BCUT2D eigenvalue weighted by Gasteiger charge is 2.39. The van der Waals surface area contributed by atoms with E-state index in [4.69, 9.17) is 4.74 Å². The van der Waals surface area contributed by atoms with Crippen LogP contribution in [-0.4, -0.2) is 12.6 Å². The Kier molecular flexibility index (Phi) is 3.62. The van der Waals surface area contributed by atoms with Crippen LogP contribution in [0.4, 0.5) is 5.69 Å². The van der Waals surface area contributed by atoms with Crippen molar-refractivity contribution >= 4 is 5.69 Å². The fourth-order valence-corrected chi connectivity index (χ4v) is 3.25. The van der Waals surface area contributed by atoms with Crippen molar-refractivity contribution in [2.24, 2.45) is 5.92 Å². The molecule has 3 rings (SSSR count). The summed E-state index contributed by atoms with van der Waals surface area (Å²) >= 11 is 0. The number of fused-ring (bicyclic) bond motifs is 1. The molecule has 1 aliphatic rings. The lowest BCUT2D eigenvalue weighted by Crippen LogP contribution is -2.44. The maximum absolute atomic E-state index is 5.35. The molecule has 0 saturated carbocycles. The molecule has 0 amide bonds. The van der Waals surface area contributed by atoms with Gasteiger partial charge in [0.2, 0.25) is 0 Å². The molecule has 0 bridgehead atoms. The molecule has 0 radical (unpaired) electrons. The second-order valence-corrected chi connectivity index (χ2v) is 6.30. The van der Waals surface area contributed by atoms with Crippen LogP contribution < -0.4 is 10.1 Å². The molecular formula is C19H23NO. The standard InChI is InChI=1S/C19H23NO/c1-14(2)19(12-15-7-6-9-17(11-15)21-3)13-16-8-4-5-10-18(16)20-19/h4-11,14,20H,12-13H2,1-3H3. The van der Waals surface area contributed by atoms with Crippen molar-refractivity contribution in [3.63, 3.8) is 0 Å². The molecule has 0 fully saturated rings. The molecule has 21 heavy (non-hydrogen) atoms. The van der Waals surface area contributed by atoms with Crippen molar-refractivity contribution in [3.8, 4) is 5.75 Å². The highest BCUT2D eigenvalue weighted by Crippen LogP contribution is 2.39. The summed E-state index contributed by atoms with van der Waals surface area (Å²) in [5.74, 6) is 1.48. The lowest BCUT2D eigenvalue weighted by atomic mass is 9.79. The summed E-state index contributed by atoms with van der Waals surface area (Å²) < 4.78 is 5.35. The van der Waals surface area contributed by atoms with Crippen LogP contribution in [0.5, 0.6) is 5.75 Å². The van der Waals surface area contributed by atoms with Gasteiger partial charge < -0.3 is 10.1 Å². The number of rotatable bonds is 4. The second kappa shape index (κ2) is 5.44. The minimum absolute atomic E-state index is 0.0933. The molecule has 2 aromatic rings. The molecule has 2 aromatic carbocycles. The number of hydrogen-bond donors (Lipinski definition) is 1. The zero-order valence-electron chi connectivity index (χ0n) is 13.0. The van der Waals surface area contributed by atoms with Gasteiger partial charge in [0.05, 0.1) is 7.11 Å². The van der Waals surface area contributed by atoms with E-state index < -0.39 is 0 Å². The number of hydrogen-bond acceptors (Lipinski definition) is 2. The molecule has 0 aromatic heterocycles. The van der Waals surface area contributed by atoms with Crippen LogP contribution in [0.2, 0.25) is 0 Å². The first kappa shape index (κ1) is 14.0. The van der Waals surface area contributed by atoms with Crippen LogP contribution >= 0.6 is 0 Å². The topological polar surface area (TPSA) is 21.3 Å². The third-order valence-electron chi connectivity index (χ3n) is 4.67. The first-order valence-corrected chi connectivity index (χ1v) is 7.62. The van der Waals surface area contributed by atoms with Crippen molar-refractivity contribution in [1.29, 1.82) is 0 Å². The van der Waals surface area contributed by atoms with Crippen LogP contribution in [0.1, 0.15) is 25.0 Å². The predicted octanol–water partition coefficient (Wildman–Crippen LogP) is 4.30. The van der Waals surface area contributed by atoms with Crippen LogP contribution in [-0.2, 0) is 12.8 Å². The van der Waals surface area contributed by atoms with Crippen LogP contribution in [0.15, 0.2) is 48.5 Å². The molecule has 1 N–H and O–H groups in total. The van der Waals surface area contributed by atoms with Gasteiger partial charge in [0.1, 0.15) is 5.75 Å². The zero-order chi connectivity index (χ0) is 14.9. The molecule has 1 heterocycles. The number of para-hydroxylation sites is 1. The van der Waals surface area contributed by atoms with Crippen LogP contribution in [0.25, 0.3) is 0 Å². The number of benzene rings is 2. The average molecular weight is 281 g/mol. The number of anilines is 1. The summed E-state index contributed by atoms with van der Waals surface area (Å²) in [5, 5.41) is 3.79. The monoisotopic (exact) mass is 281 g/mol. The third kappa shape index (κ3) is 2.63. The maximum atomic E-state index is 5.35. The Morgan fingerprint density at radius 3 is 2.67 bits per heavy atom. The Hall–Kier alpha value is -1.96. The highest BCUT2D eigenvalue weighted by molar-refractivity contribution is 5.59. The van der Waals surface area contributed by atoms with Crippen molar-refractivity contribution < 1.29 is 4.74 Å². The van der Waals surface area contributed by atoms with E-state index in [9.17, 15) is 0 Å². The highest BCUT2D eigenvalue weighted by atomic mass is 16.5. The van der Waals surface area contributed by atoms with Crippen molar-refractivity contribution in [3.05, 3.63) is 59.7 Å². The van der Waals surface area contributed by atoms with Gasteiger partial charge in [-0.05, 0) is 48.1 Å². The first-order valence-electron chi connectivity index (χ1n) is 7.62. The molecule has 0 aliphatic carbocycles. The molecular weight excluding hydrogens is 258 g/mol. The lowest BCUT2D eigenvalue weighted by Gasteiger charge is -2.35. The molecule has 1 aliphatic heterocycles. The van der Waals surface area contributed by atoms with E-state index in [1.54, 1.807) is 7.11 Å². The van der Waals surface area contributed by atoms with E-state index in [0.717, 1.165) is 18.6 Å².